The Labute approximate surface area is 127 Å². The van der Waals surface area contributed by atoms with Gasteiger partial charge in [0.2, 0.25) is 0 Å². The van der Waals surface area contributed by atoms with Gasteiger partial charge in [-0.1, -0.05) is 41.9 Å². The van der Waals surface area contributed by atoms with Crippen LogP contribution in [0.15, 0.2) is 54.6 Å². The number of halogens is 2. The van der Waals surface area contributed by atoms with Gasteiger partial charge in [-0.25, -0.2) is 4.39 Å². The van der Waals surface area contributed by atoms with Crippen molar-refractivity contribution in [3.8, 4) is 0 Å². The van der Waals surface area contributed by atoms with Crippen molar-refractivity contribution in [3.63, 3.8) is 0 Å². The number of rotatable bonds is 3. The number of nitrogens with two attached hydrogens (primary N) is 1. The van der Waals surface area contributed by atoms with Crippen LogP contribution in [0.1, 0.15) is 17.3 Å². The third-order valence-electron chi connectivity index (χ3n) is 3.46. The van der Waals surface area contributed by atoms with E-state index in [0.717, 1.165) is 16.6 Å². The van der Waals surface area contributed by atoms with Gasteiger partial charge in [0.05, 0.1) is 5.52 Å². The standard InChI is InChI=1S/C17H14ClFN2/c18-13-5-3-6-14(19)17(13)15(20)10-12-9-8-11-4-1-2-7-16(11)21-12/h1-9,15H,10,20H2. The summed E-state index contributed by atoms with van der Waals surface area (Å²) in [6, 6.07) is 15.8. The van der Waals surface area contributed by atoms with E-state index in [2.05, 4.69) is 4.98 Å². The average Bonchev–Trinajstić information content (AvgIpc) is 2.47. The Balaban J connectivity index is 1.91. The Morgan fingerprint density at radius 1 is 1.05 bits per heavy atom. The molecule has 1 unspecified atom stereocenters. The first-order chi connectivity index (χ1) is 10.1. The summed E-state index contributed by atoms with van der Waals surface area (Å²) in [6.07, 6.45) is 0.436. The molecule has 3 rings (SSSR count). The number of hydrogen-bond acceptors (Lipinski definition) is 2. The van der Waals surface area contributed by atoms with E-state index in [0.29, 0.717) is 17.0 Å². The Kier molecular flexibility index (Phi) is 3.86. The lowest BCUT2D eigenvalue weighted by molar-refractivity contribution is 0.578. The third-order valence-corrected chi connectivity index (χ3v) is 3.79. The summed E-state index contributed by atoms with van der Waals surface area (Å²) in [4.78, 5) is 4.55. The minimum Gasteiger partial charge on any atom is -0.323 e. The Morgan fingerprint density at radius 2 is 1.86 bits per heavy atom. The highest BCUT2D eigenvalue weighted by Crippen LogP contribution is 2.26. The van der Waals surface area contributed by atoms with Gasteiger partial charge in [0.25, 0.3) is 0 Å². The van der Waals surface area contributed by atoms with Crippen molar-refractivity contribution in [3.05, 3.63) is 76.7 Å². The van der Waals surface area contributed by atoms with Gasteiger partial charge in [-0.15, -0.1) is 0 Å². The second kappa shape index (κ2) is 5.80. The molecule has 2 nitrogen and oxygen atoms in total. The SMILES string of the molecule is NC(Cc1ccc2ccccc2n1)c1c(F)cccc1Cl. The molecule has 106 valence electrons. The molecule has 4 heteroatoms. The van der Waals surface area contributed by atoms with Crippen molar-refractivity contribution in [2.75, 3.05) is 0 Å². The van der Waals surface area contributed by atoms with E-state index in [1.54, 1.807) is 12.1 Å². The topological polar surface area (TPSA) is 38.9 Å². The van der Waals surface area contributed by atoms with Crippen molar-refractivity contribution < 1.29 is 4.39 Å². The highest BCUT2D eigenvalue weighted by atomic mass is 35.5. The van der Waals surface area contributed by atoms with Crippen LogP contribution in [0.4, 0.5) is 4.39 Å². The second-order valence-corrected chi connectivity index (χ2v) is 5.35. The van der Waals surface area contributed by atoms with Gasteiger partial charge in [0.1, 0.15) is 5.82 Å². The summed E-state index contributed by atoms with van der Waals surface area (Å²) in [6.45, 7) is 0. The molecule has 0 aliphatic heterocycles. The zero-order chi connectivity index (χ0) is 14.8. The van der Waals surface area contributed by atoms with Gasteiger partial charge in [-0.3, -0.25) is 4.98 Å². The summed E-state index contributed by atoms with van der Waals surface area (Å²) in [5, 5.41) is 1.42. The first-order valence-corrected chi connectivity index (χ1v) is 7.07. The third kappa shape index (κ3) is 2.89. The number of benzene rings is 2. The molecule has 2 N–H and O–H groups in total. The van der Waals surface area contributed by atoms with Crippen molar-refractivity contribution in [2.24, 2.45) is 5.73 Å². The monoisotopic (exact) mass is 300 g/mol. The van der Waals surface area contributed by atoms with E-state index >= 15 is 0 Å². The molecule has 0 aliphatic carbocycles. The van der Waals surface area contributed by atoms with Crippen molar-refractivity contribution in [2.45, 2.75) is 12.5 Å². The largest absolute Gasteiger partial charge is 0.323 e. The summed E-state index contributed by atoms with van der Waals surface area (Å²) < 4.78 is 13.9. The van der Waals surface area contributed by atoms with E-state index in [9.17, 15) is 4.39 Å². The van der Waals surface area contributed by atoms with Gasteiger partial charge >= 0.3 is 0 Å². The van der Waals surface area contributed by atoms with Gasteiger partial charge < -0.3 is 5.73 Å². The predicted molar refractivity (Wildman–Crippen MR) is 83.8 cm³/mol. The number of nitrogens with zero attached hydrogens (tertiary/aromatic N) is 1. The summed E-state index contributed by atoms with van der Waals surface area (Å²) >= 11 is 6.05. The number of pyridine rings is 1. The van der Waals surface area contributed by atoms with E-state index < -0.39 is 6.04 Å². The fourth-order valence-corrected chi connectivity index (χ4v) is 2.72. The van der Waals surface area contributed by atoms with E-state index in [4.69, 9.17) is 17.3 Å². The minimum absolute atomic E-state index is 0.342. The lowest BCUT2D eigenvalue weighted by Crippen LogP contribution is -2.16. The van der Waals surface area contributed by atoms with Crippen LogP contribution in [0.25, 0.3) is 10.9 Å². The van der Waals surface area contributed by atoms with E-state index in [-0.39, 0.29) is 5.82 Å². The molecule has 0 amide bonds. The molecule has 0 saturated carbocycles. The molecule has 0 aliphatic rings. The van der Waals surface area contributed by atoms with Gasteiger partial charge in [0.15, 0.2) is 0 Å². The summed E-state index contributed by atoms with van der Waals surface area (Å²) in [5.74, 6) is -0.379. The highest BCUT2D eigenvalue weighted by molar-refractivity contribution is 6.31. The fraction of sp³-hybridized carbons (Fsp3) is 0.118. The van der Waals surface area contributed by atoms with Crippen LogP contribution in [0, 0.1) is 5.82 Å². The molecule has 0 bridgehead atoms. The number of para-hydroxylation sites is 1. The Hall–Kier alpha value is -1.97. The Bertz CT molecular complexity index is 768. The van der Waals surface area contributed by atoms with Crippen LogP contribution < -0.4 is 5.73 Å². The van der Waals surface area contributed by atoms with Crippen molar-refractivity contribution in [1.29, 1.82) is 0 Å². The van der Waals surface area contributed by atoms with Crippen molar-refractivity contribution in [1.82, 2.24) is 4.98 Å². The van der Waals surface area contributed by atoms with Crippen LogP contribution in [-0.4, -0.2) is 4.98 Å². The molecular formula is C17H14ClFN2. The maximum absolute atomic E-state index is 13.9. The first-order valence-electron chi connectivity index (χ1n) is 6.69. The fourth-order valence-electron chi connectivity index (χ4n) is 2.41. The minimum atomic E-state index is -0.521. The van der Waals surface area contributed by atoms with Crippen LogP contribution in [0.2, 0.25) is 5.02 Å². The lowest BCUT2D eigenvalue weighted by atomic mass is 10.0. The predicted octanol–water partition coefficient (Wildman–Crippen LogP) is 4.27. The molecule has 0 saturated heterocycles. The quantitative estimate of drug-likeness (QED) is 0.784. The van der Waals surface area contributed by atoms with Crippen LogP contribution in [0.5, 0.6) is 0 Å². The van der Waals surface area contributed by atoms with Gasteiger partial charge in [-0.05, 0) is 24.3 Å². The van der Waals surface area contributed by atoms with E-state index in [1.807, 2.05) is 36.4 Å². The Morgan fingerprint density at radius 3 is 2.67 bits per heavy atom. The van der Waals surface area contributed by atoms with Crippen LogP contribution >= 0.6 is 11.6 Å². The average molecular weight is 301 g/mol. The zero-order valence-corrected chi connectivity index (χ0v) is 12.0. The normalized spacial score (nSPS) is 12.5. The second-order valence-electron chi connectivity index (χ2n) is 4.94. The molecular weight excluding hydrogens is 287 g/mol. The molecule has 0 spiro atoms. The molecule has 1 aromatic heterocycles. The number of fused-ring (bicyclic) bond motifs is 1. The summed E-state index contributed by atoms with van der Waals surface area (Å²) in [5.41, 5.74) is 8.17. The summed E-state index contributed by atoms with van der Waals surface area (Å²) in [7, 11) is 0. The molecule has 2 aromatic carbocycles. The molecule has 0 fully saturated rings. The highest BCUT2D eigenvalue weighted by Gasteiger charge is 2.16. The molecule has 21 heavy (non-hydrogen) atoms. The molecule has 3 aromatic rings. The molecule has 1 atom stereocenters. The number of aromatic nitrogens is 1. The first kappa shape index (κ1) is 14.0. The maximum atomic E-state index is 13.9. The van der Waals surface area contributed by atoms with Gasteiger partial charge in [-0.2, -0.15) is 0 Å². The van der Waals surface area contributed by atoms with Crippen molar-refractivity contribution >= 4 is 22.5 Å². The van der Waals surface area contributed by atoms with Crippen LogP contribution in [-0.2, 0) is 6.42 Å². The molecule has 1 heterocycles. The van der Waals surface area contributed by atoms with Crippen LogP contribution in [0.3, 0.4) is 0 Å². The zero-order valence-electron chi connectivity index (χ0n) is 11.3. The molecule has 0 radical (unpaired) electrons. The van der Waals surface area contributed by atoms with Gasteiger partial charge in [0, 0.05) is 34.1 Å². The smallest absolute Gasteiger partial charge is 0.129 e. The van der Waals surface area contributed by atoms with E-state index in [1.165, 1.54) is 6.07 Å². The lowest BCUT2D eigenvalue weighted by Gasteiger charge is -2.14. The maximum Gasteiger partial charge on any atom is 0.129 e. The number of hydrogen-bond donors (Lipinski definition) is 1.